The Bertz CT molecular complexity index is 910. The van der Waals surface area contributed by atoms with Gasteiger partial charge in [-0.1, -0.05) is 0 Å². The van der Waals surface area contributed by atoms with Crippen LogP contribution in [0, 0.1) is 5.82 Å². The molecule has 2 aliphatic rings. The lowest BCUT2D eigenvalue weighted by Gasteiger charge is -2.43. The number of unbranched alkanes of at least 4 members (excludes halogenated alkanes) is 1. The number of hydrogen-bond acceptors (Lipinski definition) is 4. The molecule has 0 N–H and O–H groups in total. The molecule has 0 aliphatic carbocycles. The number of allylic oxidation sites excluding steroid dienone is 1. The minimum Gasteiger partial charge on any atom is -0.482 e. The van der Waals surface area contributed by atoms with Gasteiger partial charge in [0.1, 0.15) is 22.8 Å². The second-order valence-corrected chi connectivity index (χ2v) is 10.2. The number of carbonyl (C=O) groups is 2. The molecule has 3 rings (SSSR count). The van der Waals surface area contributed by atoms with E-state index in [-0.39, 0.29) is 17.8 Å². The van der Waals surface area contributed by atoms with E-state index in [9.17, 15) is 14.0 Å². The van der Waals surface area contributed by atoms with E-state index in [1.165, 1.54) is 12.1 Å². The average Bonchev–Trinajstić information content (AvgIpc) is 2.77. The minimum absolute atomic E-state index is 0.184. The highest BCUT2D eigenvalue weighted by Gasteiger charge is 2.40. The first-order valence-electron chi connectivity index (χ1n) is 12.5. The number of hydrogen-bond donors (Lipinski definition) is 0. The fourth-order valence-corrected chi connectivity index (χ4v) is 4.66. The van der Waals surface area contributed by atoms with Gasteiger partial charge in [0.2, 0.25) is 5.91 Å². The highest BCUT2D eigenvalue weighted by atomic mass is 19.1. The van der Waals surface area contributed by atoms with Crippen molar-refractivity contribution in [1.29, 1.82) is 0 Å². The van der Waals surface area contributed by atoms with E-state index in [2.05, 4.69) is 6.08 Å². The number of nitrogens with zero attached hydrogens (tertiary/aromatic N) is 2. The summed E-state index contributed by atoms with van der Waals surface area (Å²) in [5, 5.41) is 0. The third kappa shape index (κ3) is 6.51. The van der Waals surface area contributed by atoms with Gasteiger partial charge >= 0.3 is 6.09 Å². The fraction of sp³-hybridized carbons (Fsp3) is 0.630. The molecule has 7 heteroatoms. The van der Waals surface area contributed by atoms with Crippen LogP contribution in [0.5, 0.6) is 5.75 Å². The SMILES string of the molecule is CCN(CC)C(=O)CCCCC1=CC2(CCN(C(=O)OC(C)(C)C)CC2)Oc2ccc(F)cc21. The molecule has 1 saturated heterocycles. The molecule has 1 aromatic rings. The van der Waals surface area contributed by atoms with E-state index in [0.717, 1.165) is 43.5 Å². The smallest absolute Gasteiger partial charge is 0.410 e. The summed E-state index contributed by atoms with van der Waals surface area (Å²) < 4.78 is 26.0. The van der Waals surface area contributed by atoms with E-state index in [1.54, 1.807) is 11.0 Å². The summed E-state index contributed by atoms with van der Waals surface area (Å²) in [6.07, 6.45) is 6.03. The van der Waals surface area contributed by atoms with Crippen molar-refractivity contribution in [2.75, 3.05) is 26.2 Å². The fourth-order valence-electron chi connectivity index (χ4n) is 4.66. The number of piperidine rings is 1. The molecule has 2 amide bonds. The van der Waals surface area contributed by atoms with E-state index in [0.29, 0.717) is 38.1 Å². The molecule has 0 radical (unpaired) electrons. The number of rotatable bonds is 7. The third-order valence-corrected chi connectivity index (χ3v) is 6.50. The van der Waals surface area contributed by atoms with Crippen molar-refractivity contribution in [2.24, 2.45) is 0 Å². The van der Waals surface area contributed by atoms with Crippen LogP contribution in [-0.2, 0) is 9.53 Å². The Morgan fingerprint density at radius 2 is 1.82 bits per heavy atom. The zero-order valence-electron chi connectivity index (χ0n) is 21.3. The Labute approximate surface area is 203 Å². The largest absolute Gasteiger partial charge is 0.482 e. The minimum atomic E-state index is -0.531. The van der Waals surface area contributed by atoms with Gasteiger partial charge in [0.25, 0.3) is 0 Å². The molecule has 188 valence electrons. The quantitative estimate of drug-likeness (QED) is 0.469. The highest BCUT2D eigenvalue weighted by Crippen LogP contribution is 2.43. The first-order chi connectivity index (χ1) is 16.1. The van der Waals surface area contributed by atoms with Crippen LogP contribution >= 0.6 is 0 Å². The maximum absolute atomic E-state index is 14.0. The van der Waals surface area contributed by atoms with E-state index >= 15 is 0 Å². The standard InChI is InChI=1S/C27H39FN2O4/c1-6-29(7-2)24(31)11-9-8-10-20-19-27(33-23-13-12-21(28)18-22(20)23)14-16-30(17-15-27)25(32)34-26(3,4)5/h12-13,18-19H,6-11,14-17H2,1-5H3. The molecule has 1 aromatic carbocycles. The molecular weight excluding hydrogens is 435 g/mol. The van der Waals surface area contributed by atoms with Gasteiger partial charge in [0.15, 0.2) is 0 Å². The zero-order chi connectivity index (χ0) is 24.9. The predicted molar refractivity (Wildman–Crippen MR) is 131 cm³/mol. The van der Waals surface area contributed by atoms with Crippen molar-refractivity contribution in [2.45, 2.75) is 84.3 Å². The highest BCUT2D eigenvalue weighted by molar-refractivity contribution is 5.76. The van der Waals surface area contributed by atoms with Crippen LogP contribution in [0.2, 0.25) is 0 Å². The van der Waals surface area contributed by atoms with Crippen molar-refractivity contribution in [3.63, 3.8) is 0 Å². The lowest BCUT2D eigenvalue weighted by atomic mass is 9.83. The molecule has 6 nitrogen and oxygen atoms in total. The van der Waals surface area contributed by atoms with E-state index < -0.39 is 11.2 Å². The Kier molecular flexibility index (Phi) is 8.26. The van der Waals surface area contributed by atoms with Crippen molar-refractivity contribution >= 4 is 17.6 Å². The van der Waals surface area contributed by atoms with Gasteiger partial charge in [-0.25, -0.2) is 9.18 Å². The summed E-state index contributed by atoms with van der Waals surface area (Å²) >= 11 is 0. The summed E-state index contributed by atoms with van der Waals surface area (Å²) in [6.45, 7) is 12.1. The first-order valence-corrected chi connectivity index (χ1v) is 12.5. The Balaban J connectivity index is 1.68. The summed E-state index contributed by atoms with van der Waals surface area (Å²) in [5.41, 5.74) is 0.795. The van der Waals surface area contributed by atoms with Gasteiger partial charge in [-0.3, -0.25) is 4.79 Å². The molecule has 0 atom stereocenters. The lowest BCUT2D eigenvalue weighted by molar-refractivity contribution is -0.130. The monoisotopic (exact) mass is 474 g/mol. The molecular formula is C27H39FN2O4. The number of ether oxygens (including phenoxy) is 2. The normalized spacial score (nSPS) is 17.0. The summed E-state index contributed by atoms with van der Waals surface area (Å²) in [6, 6.07) is 4.66. The first kappa shape index (κ1) is 26.0. The number of benzene rings is 1. The van der Waals surface area contributed by atoms with E-state index in [1.807, 2.05) is 39.5 Å². The number of halogens is 1. The summed E-state index contributed by atoms with van der Waals surface area (Å²) in [7, 11) is 0. The van der Waals surface area contributed by atoms with Crippen LogP contribution in [0.3, 0.4) is 0 Å². The predicted octanol–water partition coefficient (Wildman–Crippen LogP) is 5.80. The molecule has 0 saturated carbocycles. The molecule has 0 bridgehead atoms. The van der Waals surface area contributed by atoms with E-state index in [4.69, 9.17) is 9.47 Å². The van der Waals surface area contributed by atoms with Crippen LogP contribution in [0.4, 0.5) is 9.18 Å². The Hall–Kier alpha value is -2.57. The number of amides is 2. The lowest BCUT2D eigenvalue weighted by Crippen LogP contribution is -2.50. The number of likely N-dealkylation sites (tertiary alicyclic amines) is 1. The summed E-state index contributed by atoms with van der Waals surface area (Å²) in [5.74, 6) is 0.577. The molecule has 2 heterocycles. The van der Waals surface area contributed by atoms with Crippen molar-refractivity contribution in [3.8, 4) is 5.75 Å². The van der Waals surface area contributed by atoms with Crippen LogP contribution < -0.4 is 4.74 Å². The van der Waals surface area contributed by atoms with Crippen molar-refractivity contribution < 1.29 is 23.5 Å². The van der Waals surface area contributed by atoms with Crippen LogP contribution in [-0.4, -0.2) is 59.2 Å². The zero-order valence-corrected chi connectivity index (χ0v) is 21.3. The van der Waals surface area contributed by atoms with Crippen LogP contribution in [0.15, 0.2) is 24.3 Å². The number of carbonyl (C=O) groups excluding carboxylic acids is 2. The maximum atomic E-state index is 14.0. The molecule has 0 aromatic heterocycles. The average molecular weight is 475 g/mol. The van der Waals surface area contributed by atoms with Crippen LogP contribution in [0.25, 0.3) is 5.57 Å². The summed E-state index contributed by atoms with van der Waals surface area (Å²) in [4.78, 5) is 28.4. The van der Waals surface area contributed by atoms with Crippen molar-refractivity contribution in [3.05, 3.63) is 35.7 Å². The molecule has 1 fully saturated rings. The molecule has 2 aliphatic heterocycles. The van der Waals surface area contributed by atoms with Gasteiger partial charge in [-0.2, -0.15) is 0 Å². The second kappa shape index (κ2) is 10.8. The van der Waals surface area contributed by atoms with Crippen molar-refractivity contribution in [1.82, 2.24) is 9.80 Å². The van der Waals surface area contributed by atoms with Gasteiger partial charge in [-0.15, -0.1) is 0 Å². The molecule has 0 unspecified atom stereocenters. The second-order valence-electron chi connectivity index (χ2n) is 10.2. The third-order valence-electron chi connectivity index (χ3n) is 6.50. The Morgan fingerprint density at radius 3 is 2.44 bits per heavy atom. The van der Waals surface area contributed by atoms with Crippen LogP contribution in [0.1, 0.15) is 78.7 Å². The van der Waals surface area contributed by atoms with Gasteiger partial charge in [0, 0.05) is 51.0 Å². The maximum Gasteiger partial charge on any atom is 0.410 e. The van der Waals surface area contributed by atoms with Gasteiger partial charge in [-0.05, 0) is 83.7 Å². The molecule has 1 spiro atoms. The number of fused-ring (bicyclic) bond motifs is 1. The molecule has 34 heavy (non-hydrogen) atoms. The topological polar surface area (TPSA) is 59.1 Å². The Morgan fingerprint density at radius 1 is 1.15 bits per heavy atom. The van der Waals surface area contributed by atoms with Gasteiger partial charge in [0.05, 0.1) is 0 Å². The van der Waals surface area contributed by atoms with Gasteiger partial charge < -0.3 is 19.3 Å².